The molecular weight excluding hydrogens is 364 g/mol. The summed E-state index contributed by atoms with van der Waals surface area (Å²) in [5.41, 5.74) is 6.91. The number of nitrogens with zero attached hydrogens (tertiary/aromatic N) is 5. The fraction of sp³-hybridized carbons (Fsp3) is 0.318. The second kappa shape index (κ2) is 8.14. The van der Waals surface area contributed by atoms with Crippen LogP contribution in [0.3, 0.4) is 0 Å². The fourth-order valence-electron chi connectivity index (χ4n) is 3.42. The summed E-state index contributed by atoms with van der Waals surface area (Å²) < 4.78 is 0. The van der Waals surface area contributed by atoms with E-state index in [9.17, 15) is 4.79 Å². The third-order valence-corrected chi connectivity index (χ3v) is 5.19. The number of amides is 1. The highest BCUT2D eigenvalue weighted by Crippen LogP contribution is 2.25. The maximum atomic E-state index is 12.3. The summed E-state index contributed by atoms with van der Waals surface area (Å²) >= 11 is 0. The third kappa shape index (κ3) is 4.36. The molecule has 1 fully saturated rings. The summed E-state index contributed by atoms with van der Waals surface area (Å²) in [5.74, 6) is 0.615. The molecule has 7 heteroatoms. The van der Waals surface area contributed by atoms with Crippen molar-refractivity contribution in [3.8, 4) is 11.1 Å². The summed E-state index contributed by atoms with van der Waals surface area (Å²) in [5, 5.41) is 3.12. The largest absolute Gasteiger partial charge is 0.345 e. The minimum absolute atomic E-state index is 0.00408. The van der Waals surface area contributed by atoms with E-state index >= 15 is 0 Å². The normalized spacial score (nSPS) is 15.4. The molecule has 1 amide bonds. The summed E-state index contributed by atoms with van der Waals surface area (Å²) in [4.78, 5) is 25.3. The summed E-state index contributed by atoms with van der Waals surface area (Å²) in [6, 6.07) is 13.8. The minimum atomic E-state index is -0.00408. The number of hydrogen-bond donors (Lipinski definition) is 1. The number of carbonyl (C=O) groups is 1. The number of fused-ring (bicyclic) bond motifs is 1. The third-order valence-electron chi connectivity index (χ3n) is 5.19. The van der Waals surface area contributed by atoms with Gasteiger partial charge >= 0.3 is 0 Å². The van der Waals surface area contributed by atoms with Crippen LogP contribution in [0.4, 0.5) is 5.95 Å². The monoisotopic (exact) mass is 390 g/mol. The molecule has 29 heavy (non-hydrogen) atoms. The Balaban J connectivity index is 1.56. The topological polar surface area (TPSA) is 64.6 Å². The Labute approximate surface area is 170 Å². The van der Waals surface area contributed by atoms with Crippen molar-refractivity contribution in [3.05, 3.63) is 54.2 Å². The fourth-order valence-corrected chi connectivity index (χ4v) is 3.42. The molecule has 1 aliphatic heterocycles. The molecule has 0 spiro atoms. The van der Waals surface area contributed by atoms with Gasteiger partial charge < -0.3 is 9.80 Å². The van der Waals surface area contributed by atoms with E-state index in [1.807, 2.05) is 42.6 Å². The van der Waals surface area contributed by atoms with Crippen LogP contribution in [0.5, 0.6) is 0 Å². The van der Waals surface area contributed by atoms with E-state index in [1.165, 1.54) is 0 Å². The highest BCUT2D eigenvalue weighted by molar-refractivity contribution is 5.95. The highest BCUT2D eigenvalue weighted by atomic mass is 16.2. The molecule has 1 saturated heterocycles. The highest BCUT2D eigenvalue weighted by Gasteiger charge is 2.15. The van der Waals surface area contributed by atoms with Gasteiger partial charge in [-0.2, -0.15) is 0 Å². The van der Waals surface area contributed by atoms with Crippen molar-refractivity contribution < 1.29 is 4.79 Å². The lowest BCUT2D eigenvalue weighted by Crippen LogP contribution is -2.47. The number of anilines is 1. The number of rotatable bonds is 4. The van der Waals surface area contributed by atoms with Gasteiger partial charge in [0.15, 0.2) is 0 Å². The molecule has 7 nitrogen and oxygen atoms in total. The molecule has 1 aliphatic rings. The summed E-state index contributed by atoms with van der Waals surface area (Å²) in [7, 11) is 5.65. The van der Waals surface area contributed by atoms with Crippen molar-refractivity contribution in [3.63, 3.8) is 0 Å². The molecule has 1 N–H and O–H groups in total. The average molecular weight is 390 g/mol. The molecule has 1 aromatic heterocycles. The maximum Gasteiger partial charge on any atom is 0.253 e. The lowest BCUT2D eigenvalue weighted by Gasteiger charge is -2.32. The molecule has 0 bridgehead atoms. The molecule has 0 radical (unpaired) electrons. The second-order valence-corrected chi connectivity index (χ2v) is 7.65. The van der Waals surface area contributed by atoms with Gasteiger partial charge in [0.1, 0.15) is 0 Å². The molecule has 0 aliphatic carbocycles. The Bertz CT molecular complexity index is 1030. The smallest absolute Gasteiger partial charge is 0.253 e. The van der Waals surface area contributed by atoms with E-state index in [4.69, 9.17) is 0 Å². The molecular formula is C22H26N6O. The SMILES string of the molecule is CN1CCN(Nc2ncc3cc(-c4cccc(C(=O)N(C)C)c4)ccc3n2)CC1. The number of nitrogens with one attached hydrogen (secondary N) is 1. The predicted octanol–water partition coefficient (Wildman–Crippen LogP) is 2.57. The quantitative estimate of drug-likeness (QED) is 0.739. The van der Waals surface area contributed by atoms with Crippen LogP contribution >= 0.6 is 0 Å². The second-order valence-electron chi connectivity index (χ2n) is 7.65. The maximum absolute atomic E-state index is 12.3. The van der Waals surface area contributed by atoms with Gasteiger partial charge in [-0.05, 0) is 42.4 Å². The number of likely N-dealkylation sites (N-methyl/N-ethyl adjacent to an activating group) is 1. The van der Waals surface area contributed by atoms with Gasteiger partial charge in [-0.25, -0.2) is 15.0 Å². The zero-order chi connectivity index (χ0) is 20.4. The molecule has 0 unspecified atom stereocenters. The van der Waals surface area contributed by atoms with Crippen LogP contribution in [-0.4, -0.2) is 78.0 Å². The lowest BCUT2D eigenvalue weighted by atomic mass is 10.0. The first kappa shape index (κ1) is 19.3. The molecule has 3 aromatic rings. The van der Waals surface area contributed by atoms with Gasteiger partial charge in [0, 0.05) is 57.4 Å². The molecule has 0 saturated carbocycles. The zero-order valence-electron chi connectivity index (χ0n) is 17.1. The van der Waals surface area contributed by atoms with Gasteiger partial charge in [-0.3, -0.25) is 10.2 Å². The Hall–Kier alpha value is -3.03. The van der Waals surface area contributed by atoms with E-state index < -0.39 is 0 Å². The van der Waals surface area contributed by atoms with E-state index in [2.05, 4.69) is 38.4 Å². The number of aromatic nitrogens is 2. The molecule has 4 rings (SSSR count). The van der Waals surface area contributed by atoms with Crippen LogP contribution in [0.1, 0.15) is 10.4 Å². The zero-order valence-corrected chi connectivity index (χ0v) is 17.1. The Morgan fingerprint density at radius 2 is 1.79 bits per heavy atom. The summed E-state index contributed by atoms with van der Waals surface area (Å²) in [6.07, 6.45) is 1.85. The van der Waals surface area contributed by atoms with E-state index in [0.29, 0.717) is 11.5 Å². The average Bonchev–Trinajstić information content (AvgIpc) is 2.74. The van der Waals surface area contributed by atoms with Gasteiger partial charge in [-0.15, -0.1) is 0 Å². The molecule has 2 heterocycles. The Morgan fingerprint density at radius 3 is 2.55 bits per heavy atom. The van der Waals surface area contributed by atoms with Gasteiger partial charge in [-0.1, -0.05) is 18.2 Å². The number of hydrogen-bond acceptors (Lipinski definition) is 6. The van der Waals surface area contributed by atoms with Crippen LogP contribution in [0, 0.1) is 0 Å². The van der Waals surface area contributed by atoms with Crippen molar-refractivity contribution in [1.29, 1.82) is 0 Å². The van der Waals surface area contributed by atoms with Crippen LogP contribution in [0.2, 0.25) is 0 Å². The van der Waals surface area contributed by atoms with Gasteiger partial charge in [0.05, 0.1) is 5.52 Å². The molecule has 0 atom stereocenters. The van der Waals surface area contributed by atoms with Crippen LogP contribution in [0.15, 0.2) is 48.7 Å². The van der Waals surface area contributed by atoms with Crippen LogP contribution in [-0.2, 0) is 0 Å². The predicted molar refractivity (Wildman–Crippen MR) is 116 cm³/mol. The van der Waals surface area contributed by atoms with Crippen molar-refractivity contribution >= 4 is 22.8 Å². The van der Waals surface area contributed by atoms with Crippen molar-refractivity contribution in [2.24, 2.45) is 0 Å². The summed E-state index contributed by atoms with van der Waals surface area (Å²) in [6.45, 7) is 3.94. The van der Waals surface area contributed by atoms with Gasteiger partial charge in [0.2, 0.25) is 5.95 Å². The Kier molecular flexibility index (Phi) is 5.42. The first-order chi connectivity index (χ1) is 14.0. The standard InChI is InChI=1S/C22H26N6O/c1-26(2)21(29)18-6-4-5-16(13-18)17-7-8-20-19(14-17)15-23-22(24-20)25-28-11-9-27(3)10-12-28/h4-8,13-15H,9-12H2,1-3H3,(H,23,24,25). The molecule has 2 aromatic carbocycles. The van der Waals surface area contributed by atoms with Gasteiger partial charge in [0.25, 0.3) is 5.91 Å². The lowest BCUT2D eigenvalue weighted by molar-refractivity contribution is 0.0827. The van der Waals surface area contributed by atoms with Crippen molar-refractivity contribution in [2.45, 2.75) is 0 Å². The van der Waals surface area contributed by atoms with Crippen molar-refractivity contribution in [1.82, 2.24) is 24.8 Å². The minimum Gasteiger partial charge on any atom is -0.345 e. The van der Waals surface area contributed by atoms with E-state index in [0.717, 1.165) is 48.2 Å². The van der Waals surface area contributed by atoms with Crippen LogP contribution < -0.4 is 5.43 Å². The van der Waals surface area contributed by atoms with E-state index in [-0.39, 0.29) is 5.91 Å². The first-order valence-electron chi connectivity index (χ1n) is 9.78. The Morgan fingerprint density at radius 1 is 1.03 bits per heavy atom. The van der Waals surface area contributed by atoms with Crippen LogP contribution in [0.25, 0.3) is 22.0 Å². The number of carbonyl (C=O) groups excluding carboxylic acids is 1. The number of piperazine rings is 1. The van der Waals surface area contributed by atoms with Crippen molar-refractivity contribution in [2.75, 3.05) is 52.7 Å². The number of hydrazine groups is 1. The first-order valence-corrected chi connectivity index (χ1v) is 9.78. The van der Waals surface area contributed by atoms with E-state index in [1.54, 1.807) is 19.0 Å². The number of benzene rings is 2. The molecule has 150 valence electrons.